The van der Waals surface area contributed by atoms with Gasteiger partial charge in [-0.3, -0.25) is 0 Å². The topological polar surface area (TPSA) is 35.2 Å². The minimum atomic E-state index is 0.500. The molecule has 2 N–H and O–H groups in total. The van der Waals surface area contributed by atoms with Crippen LogP contribution in [0.4, 0.5) is 0 Å². The van der Waals surface area contributed by atoms with Crippen LogP contribution in [0.3, 0.4) is 0 Å². The summed E-state index contributed by atoms with van der Waals surface area (Å²) in [5, 5.41) is 0.724. The van der Waals surface area contributed by atoms with Crippen LogP contribution in [-0.4, -0.2) is 0 Å². The van der Waals surface area contributed by atoms with Gasteiger partial charge in [0.15, 0.2) is 0 Å². The summed E-state index contributed by atoms with van der Waals surface area (Å²) in [6, 6.07) is 9.59. The molecule has 0 aromatic heterocycles. The van der Waals surface area contributed by atoms with Crippen molar-refractivity contribution < 1.29 is 4.74 Å². The Morgan fingerprint density at radius 2 is 1.79 bits per heavy atom. The minimum absolute atomic E-state index is 0.500. The van der Waals surface area contributed by atoms with E-state index in [1.54, 1.807) is 0 Å². The standard InChI is InChI=1S/C15H15BrClNO/c1-9-5-12(17)6-10(2)15(9)19-13-4-3-11(8-18)14(16)7-13/h3-7H,8,18H2,1-2H3. The third-order valence-corrected chi connectivity index (χ3v) is 3.85. The summed E-state index contributed by atoms with van der Waals surface area (Å²) in [7, 11) is 0. The number of nitrogens with two attached hydrogens (primary N) is 1. The SMILES string of the molecule is Cc1cc(Cl)cc(C)c1Oc1ccc(CN)c(Br)c1. The van der Waals surface area contributed by atoms with Crippen molar-refractivity contribution in [3.05, 3.63) is 56.5 Å². The lowest BCUT2D eigenvalue weighted by Crippen LogP contribution is -1.98. The van der Waals surface area contributed by atoms with Crippen molar-refractivity contribution in [3.63, 3.8) is 0 Å². The summed E-state index contributed by atoms with van der Waals surface area (Å²) in [5.74, 6) is 1.62. The number of ether oxygens (including phenoxy) is 1. The predicted octanol–water partition coefficient (Wildman–Crippen LogP) is 4.97. The van der Waals surface area contributed by atoms with Crippen molar-refractivity contribution in [1.82, 2.24) is 0 Å². The lowest BCUT2D eigenvalue weighted by molar-refractivity contribution is 0.474. The van der Waals surface area contributed by atoms with Gasteiger partial charge in [-0.15, -0.1) is 0 Å². The Morgan fingerprint density at radius 3 is 2.32 bits per heavy atom. The number of hydrogen-bond acceptors (Lipinski definition) is 2. The molecular formula is C15H15BrClNO. The van der Waals surface area contributed by atoms with Crippen molar-refractivity contribution in [3.8, 4) is 11.5 Å². The van der Waals surface area contributed by atoms with E-state index in [0.29, 0.717) is 6.54 Å². The maximum Gasteiger partial charge on any atom is 0.133 e. The number of aryl methyl sites for hydroxylation is 2. The third-order valence-electron chi connectivity index (χ3n) is 2.89. The van der Waals surface area contributed by atoms with Gasteiger partial charge in [-0.05, 0) is 54.8 Å². The Bertz CT molecular complexity index is 590. The molecule has 0 bridgehead atoms. The monoisotopic (exact) mass is 339 g/mol. The van der Waals surface area contributed by atoms with Crippen molar-refractivity contribution in [2.24, 2.45) is 5.73 Å². The highest BCUT2D eigenvalue weighted by Gasteiger charge is 2.08. The van der Waals surface area contributed by atoms with E-state index < -0.39 is 0 Å². The lowest BCUT2D eigenvalue weighted by Gasteiger charge is -2.13. The van der Waals surface area contributed by atoms with E-state index in [4.69, 9.17) is 22.1 Å². The first-order chi connectivity index (χ1) is 9.01. The molecule has 2 nitrogen and oxygen atoms in total. The van der Waals surface area contributed by atoms with Crippen LogP contribution >= 0.6 is 27.5 Å². The Hall–Kier alpha value is -1.03. The molecule has 0 unspecified atom stereocenters. The molecule has 19 heavy (non-hydrogen) atoms. The van der Waals surface area contributed by atoms with E-state index in [-0.39, 0.29) is 0 Å². The highest BCUT2D eigenvalue weighted by Crippen LogP contribution is 2.33. The molecule has 0 spiro atoms. The van der Waals surface area contributed by atoms with Crippen LogP contribution in [-0.2, 0) is 6.54 Å². The quantitative estimate of drug-likeness (QED) is 0.856. The van der Waals surface area contributed by atoms with E-state index in [9.17, 15) is 0 Å². The largest absolute Gasteiger partial charge is 0.457 e. The van der Waals surface area contributed by atoms with Gasteiger partial charge in [-0.25, -0.2) is 0 Å². The van der Waals surface area contributed by atoms with Crippen molar-refractivity contribution >= 4 is 27.5 Å². The molecule has 2 aromatic carbocycles. The molecule has 0 saturated heterocycles. The predicted molar refractivity (Wildman–Crippen MR) is 83.0 cm³/mol. The van der Waals surface area contributed by atoms with Gasteiger partial charge in [-0.2, -0.15) is 0 Å². The van der Waals surface area contributed by atoms with Crippen molar-refractivity contribution in [1.29, 1.82) is 0 Å². The summed E-state index contributed by atoms with van der Waals surface area (Å²) in [6.45, 7) is 4.47. The van der Waals surface area contributed by atoms with Crippen LogP contribution in [0.15, 0.2) is 34.8 Å². The molecule has 0 radical (unpaired) electrons. The van der Waals surface area contributed by atoms with Gasteiger partial charge in [0, 0.05) is 16.0 Å². The average Bonchev–Trinajstić information content (AvgIpc) is 2.34. The Kier molecular flexibility index (Phi) is 4.50. The number of halogens is 2. The zero-order chi connectivity index (χ0) is 14.0. The van der Waals surface area contributed by atoms with Gasteiger partial charge < -0.3 is 10.5 Å². The second-order valence-corrected chi connectivity index (χ2v) is 5.72. The first-order valence-corrected chi connectivity index (χ1v) is 7.11. The average molecular weight is 341 g/mol. The number of benzene rings is 2. The Balaban J connectivity index is 2.34. The molecule has 2 aromatic rings. The normalized spacial score (nSPS) is 10.6. The van der Waals surface area contributed by atoms with Crippen LogP contribution in [0.5, 0.6) is 11.5 Å². The van der Waals surface area contributed by atoms with E-state index in [0.717, 1.165) is 37.7 Å². The number of hydrogen-bond donors (Lipinski definition) is 1. The summed E-state index contributed by atoms with van der Waals surface area (Å²) in [5.41, 5.74) is 8.72. The molecule has 0 aliphatic carbocycles. The first kappa shape index (κ1) is 14.4. The van der Waals surface area contributed by atoms with Crippen LogP contribution in [0.25, 0.3) is 0 Å². The van der Waals surface area contributed by atoms with E-state index in [1.807, 2.05) is 44.2 Å². The highest BCUT2D eigenvalue weighted by molar-refractivity contribution is 9.10. The van der Waals surface area contributed by atoms with Gasteiger partial charge in [-0.1, -0.05) is 33.6 Å². The molecule has 0 aliphatic rings. The number of rotatable bonds is 3. The third kappa shape index (κ3) is 3.30. The fourth-order valence-corrected chi connectivity index (χ4v) is 2.78. The molecule has 0 heterocycles. The molecule has 0 amide bonds. The van der Waals surface area contributed by atoms with E-state index in [2.05, 4.69) is 15.9 Å². The van der Waals surface area contributed by atoms with Crippen LogP contribution in [0.1, 0.15) is 16.7 Å². The van der Waals surface area contributed by atoms with Gasteiger partial charge in [0.05, 0.1) is 0 Å². The minimum Gasteiger partial charge on any atom is -0.457 e. The van der Waals surface area contributed by atoms with Gasteiger partial charge >= 0.3 is 0 Å². The van der Waals surface area contributed by atoms with E-state index >= 15 is 0 Å². The molecule has 2 rings (SSSR count). The molecule has 0 atom stereocenters. The fourth-order valence-electron chi connectivity index (χ4n) is 1.93. The van der Waals surface area contributed by atoms with E-state index in [1.165, 1.54) is 0 Å². The van der Waals surface area contributed by atoms with Crippen molar-refractivity contribution in [2.45, 2.75) is 20.4 Å². The first-order valence-electron chi connectivity index (χ1n) is 5.94. The molecule has 4 heteroatoms. The lowest BCUT2D eigenvalue weighted by atomic mass is 10.1. The Morgan fingerprint density at radius 1 is 1.16 bits per heavy atom. The summed E-state index contributed by atoms with van der Waals surface area (Å²) < 4.78 is 6.90. The maximum absolute atomic E-state index is 6.01. The smallest absolute Gasteiger partial charge is 0.133 e. The molecule has 0 aliphatic heterocycles. The second-order valence-electron chi connectivity index (χ2n) is 4.43. The van der Waals surface area contributed by atoms with Gasteiger partial charge in [0.2, 0.25) is 0 Å². The molecule has 100 valence electrons. The van der Waals surface area contributed by atoms with Crippen molar-refractivity contribution in [2.75, 3.05) is 0 Å². The van der Waals surface area contributed by atoms with Crippen LogP contribution in [0, 0.1) is 13.8 Å². The van der Waals surface area contributed by atoms with Crippen LogP contribution in [0.2, 0.25) is 5.02 Å². The Labute approximate surface area is 126 Å². The second kappa shape index (κ2) is 5.95. The zero-order valence-electron chi connectivity index (χ0n) is 10.8. The van der Waals surface area contributed by atoms with Gasteiger partial charge in [0.1, 0.15) is 11.5 Å². The summed E-state index contributed by atoms with van der Waals surface area (Å²) in [4.78, 5) is 0. The summed E-state index contributed by atoms with van der Waals surface area (Å²) >= 11 is 9.50. The summed E-state index contributed by atoms with van der Waals surface area (Å²) in [6.07, 6.45) is 0. The molecule has 0 fully saturated rings. The highest BCUT2D eigenvalue weighted by atomic mass is 79.9. The van der Waals surface area contributed by atoms with Crippen LogP contribution < -0.4 is 10.5 Å². The molecule has 0 saturated carbocycles. The maximum atomic E-state index is 6.01. The van der Waals surface area contributed by atoms with Gasteiger partial charge in [0.25, 0.3) is 0 Å². The zero-order valence-corrected chi connectivity index (χ0v) is 13.2. The molecular weight excluding hydrogens is 326 g/mol. The fraction of sp³-hybridized carbons (Fsp3) is 0.200.